The summed E-state index contributed by atoms with van der Waals surface area (Å²) in [6, 6.07) is -1.12. The number of hydrogen-bond acceptors (Lipinski definition) is 4. The number of aliphatic carboxylic acids is 1. The number of nitrogens with one attached hydrogen (secondary N) is 1. The van der Waals surface area contributed by atoms with Gasteiger partial charge in [0.2, 0.25) is 5.91 Å². The fourth-order valence-corrected chi connectivity index (χ4v) is 0.568. The van der Waals surface area contributed by atoms with E-state index in [1.165, 1.54) is 0 Å². The number of aldehydes is 1. The second-order valence-electron chi connectivity index (χ2n) is 2.13. The maximum absolute atomic E-state index is 10.8. The molecule has 0 aromatic carbocycles. The summed E-state index contributed by atoms with van der Waals surface area (Å²) in [6.07, 6.45) is 2.31. The number of rotatable bonds is 5. The summed E-state index contributed by atoms with van der Waals surface area (Å²) in [5.41, 5.74) is 5.06. The normalized spacial score (nSPS) is 12.4. The number of carboxylic acids is 1. The van der Waals surface area contributed by atoms with E-state index in [4.69, 9.17) is 10.8 Å². The fourth-order valence-electron chi connectivity index (χ4n) is 0.568. The van der Waals surface area contributed by atoms with Gasteiger partial charge in [-0.25, -0.2) is 4.79 Å². The van der Waals surface area contributed by atoms with Gasteiger partial charge < -0.3 is 16.2 Å². The van der Waals surface area contributed by atoms with Crippen LogP contribution < -0.4 is 11.1 Å². The number of carbonyl (C=O) groups is 3. The molecule has 0 aliphatic rings. The molecule has 0 aromatic rings. The lowest BCUT2D eigenvalue weighted by Crippen LogP contribution is -2.45. The topological polar surface area (TPSA) is 109 Å². The molecule has 0 fully saturated rings. The zero-order valence-electron chi connectivity index (χ0n) is 6.77. The van der Waals surface area contributed by atoms with Gasteiger partial charge in [-0.3, -0.25) is 9.59 Å². The van der Waals surface area contributed by atoms with Crippen LogP contribution in [0.15, 0.2) is 12.2 Å². The molecule has 0 unspecified atom stereocenters. The van der Waals surface area contributed by atoms with Gasteiger partial charge in [0.05, 0.1) is 0 Å². The summed E-state index contributed by atoms with van der Waals surface area (Å²) in [4.78, 5) is 30.9. The molecule has 6 heteroatoms. The minimum Gasteiger partial charge on any atom is -0.480 e. The Morgan fingerprint density at radius 1 is 1.54 bits per heavy atom. The molecular weight excluding hydrogens is 176 g/mol. The number of carbonyl (C=O) groups excluding carboxylic acids is 2. The molecule has 13 heavy (non-hydrogen) atoms. The number of nitrogens with two attached hydrogens (primary N) is 1. The smallest absolute Gasteiger partial charge is 0.327 e. The molecule has 0 rings (SSSR count). The van der Waals surface area contributed by atoms with Crippen LogP contribution in [0.1, 0.15) is 0 Å². The number of hydrogen-bond donors (Lipinski definition) is 3. The van der Waals surface area contributed by atoms with Crippen LogP contribution in [0.2, 0.25) is 0 Å². The standard InChI is InChI=1S/C7H10N2O4/c8-4-5(7(12)13)9-6(11)2-1-3-10/h1-3,5H,4,8H2,(H,9,11)(H,12,13)/b2-1+/t5-/m1/s1. The first-order valence-electron chi connectivity index (χ1n) is 3.47. The van der Waals surface area contributed by atoms with Crippen molar-refractivity contribution in [3.63, 3.8) is 0 Å². The summed E-state index contributed by atoms with van der Waals surface area (Å²) >= 11 is 0. The van der Waals surface area contributed by atoms with E-state index in [2.05, 4.69) is 5.32 Å². The molecule has 0 aromatic heterocycles. The van der Waals surface area contributed by atoms with Crippen LogP contribution in [-0.2, 0) is 14.4 Å². The molecule has 0 bridgehead atoms. The van der Waals surface area contributed by atoms with E-state index >= 15 is 0 Å². The van der Waals surface area contributed by atoms with Crippen LogP contribution in [0.5, 0.6) is 0 Å². The van der Waals surface area contributed by atoms with E-state index < -0.39 is 17.9 Å². The van der Waals surface area contributed by atoms with Crippen molar-refractivity contribution in [1.29, 1.82) is 0 Å². The maximum atomic E-state index is 10.8. The lowest BCUT2D eigenvalue weighted by molar-refractivity contribution is -0.140. The molecule has 72 valence electrons. The predicted molar refractivity (Wildman–Crippen MR) is 43.8 cm³/mol. The van der Waals surface area contributed by atoms with Crippen molar-refractivity contribution in [3.05, 3.63) is 12.2 Å². The highest BCUT2D eigenvalue weighted by Crippen LogP contribution is 1.81. The average Bonchev–Trinajstić information content (AvgIpc) is 2.10. The summed E-state index contributed by atoms with van der Waals surface area (Å²) in [5, 5.41) is 10.6. The Balaban J connectivity index is 4.08. The second kappa shape index (κ2) is 5.90. The van der Waals surface area contributed by atoms with Crippen LogP contribution in [0.3, 0.4) is 0 Å². The molecule has 0 aliphatic carbocycles. The Hall–Kier alpha value is -1.69. The molecule has 0 aliphatic heterocycles. The number of amides is 1. The van der Waals surface area contributed by atoms with Crippen molar-refractivity contribution in [3.8, 4) is 0 Å². The predicted octanol–water partition coefficient (Wildman–Crippen LogP) is -1.73. The van der Waals surface area contributed by atoms with E-state index in [0.717, 1.165) is 12.2 Å². The van der Waals surface area contributed by atoms with Crippen LogP contribution in [0, 0.1) is 0 Å². The lowest BCUT2D eigenvalue weighted by atomic mass is 10.3. The van der Waals surface area contributed by atoms with Crippen molar-refractivity contribution in [2.45, 2.75) is 6.04 Å². The van der Waals surface area contributed by atoms with Crippen molar-refractivity contribution >= 4 is 18.2 Å². The molecule has 4 N–H and O–H groups in total. The molecule has 0 radical (unpaired) electrons. The van der Waals surface area contributed by atoms with Gasteiger partial charge in [-0.05, 0) is 6.08 Å². The highest BCUT2D eigenvalue weighted by Gasteiger charge is 2.15. The Labute approximate surface area is 74.4 Å². The SMILES string of the molecule is NC[C@@H](NC(=O)/C=C/C=O)C(=O)O. The van der Waals surface area contributed by atoms with Gasteiger partial charge in [-0.2, -0.15) is 0 Å². The largest absolute Gasteiger partial charge is 0.480 e. The van der Waals surface area contributed by atoms with Gasteiger partial charge in [0.25, 0.3) is 0 Å². The molecule has 1 atom stereocenters. The molecule has 1 amide bonds. The molecule has 0 heterocycles. The third-order valence-corrected chi connectivity index (χ3v) is 1.18. The molecule has 0 spiro atoms. The first-order chi connectivity index (χ1) is 6.11. The highest BCUT2D eigenvalue weighted by molar-refractivity contribution is 5.93. The van der Waals surface area contributed by atoms with Crippen molar-refractivity contribution in [2.24, 2.45) is 5.73 Å². The Morgan fingerprint density at radius 3 is 2.54 bits per heavy atom. The van der Waals surface area contributed by atoms with Gasteiger partial charge in [0, 0.05) is 12.6 Å². The van der Waals surface area contributed by atoms with Crippen LogP contribution in [-0.4, -0.2) is 35.9 Å². The van der Waals surface area contributed by atoms with E-state index in [1.807, 2.05) is 0 Å². The molecule has 6 nitrogen and oxygen atoms in total. The summed E-state index contributed by atoms with van der Waals surface area (Å²) in [5.74, 6) is -1.87. The average molecular weight is 186 g/mol. The molecule has 0 saturated heterocycles. The van der Waals surface area contributed by atoms with E-state index in [0.29, 0.717) is 6.29 Å². The van der Waals surface area contributed by atoms with Gasteiger partial charge in [0.15, 0.2) is 0 Å². The highest BCUT2D eigenvalue weighted by atomic mass is 16.4. The number of allylic oxidation sites excluding steroid dienone is 1. The zero-order chi connectivity index (χ0) is 10.3. The van der Waals surface area contributed by atoms with Gasteiger partial charge in [0.1, 0.15) is 12.3 Å². The van der Waals surface area contributed by atoms with Crippen LogP contribution in [0.4, 0.5) is 0 Å². The van der Waals surface area contributed by atoms with Gasteiger partial charge in [-0.1, -0.05) is 0 Å². The maximum Gasteiger partial charge on any atom is 0.327 e. The van der Waals surface area contributed by atoms with Crippen molar-refractivity contribution in [1.82, 2.24) is 5.32 Å². The Bertz CT molecular complexity index is 237. The monoisotopic (exact) mass is 186 g/mol. The second-order valence-corrected chi connectivity index (χ2v) is 2.13. The summed E-state index contributed by atoms with van der Waals surface area (Å²) < 4.78 is 0. The van der Waals surface area contributed by atoms with Gasteiger partial charge in [-0.15, -0.1) is 0 Å². The lowest BCUT2D eigenvalue weighted by Gasteiger charge is -2.09. The minimum absolute atomic E-state index is 0.198. The van der Waals surface area contributed by atoms with E-state index in [-0.39, 0.29) is 6.54 Å². The van der Waals surface area contributed by atoms with Crippen LogP contribution >= 0.6 is 0 Å². The molecule has 0 saturated carbocycles. The third kappa shape index (κ3) is 4.70. The third-order valence-electron chi connectivity index (χ3n) is 1.18. The first kappa shape index (κ1) is 11.3. The quantitative estimate of drug-likeness (QED) is 0.349. The van der Waals surface area contributed by atoms with E-state index in [9.17, 15) is 14.4 Å². The summed E-state index contributed by atoms with van der Waals surface area (Å²) in [6.45, 7) is -0.198. The van der Waals surface area contributed by atoms with Crippen LogP contribution in [0.25, 0.3) is 0 Å². The zero-order valence-corrected chi connectivity index (χ0v) is 6.77. The number of carboxylic acid groups (broad SMARTS) is 1. The Kier molecular flexibility index (Phi) is 5.13. The van der Waals surface area contributed by atoms with Crippen molar-refractivity contribution in [2.75, 3.05) is 6.54 Å². The first-order valence-corrected chi connectivity index (χ1v) is 3.47. The van der Waals surface area contributed by atoms with Gasteiger partial charge >= 0.3 is 5.97 Å². The molecular formula is C7H10N2O4. The minimum atomic E-state index is -1.21. The summed E-state index contributed by atoms with van der Waals surface area (Å²) in [7, 11) is 0. The fraction of sp³-hybridized carbons (Fsp3) is 0.286. The van der Waals surface area contributed by atoms with Crippen molar-refractivity contribution < 1.29 is 19.5 Å². The Morgan fingerprint density at radius 2 is 2.15 bits per heavy atom. The van der Waals surface area contributed by atoms with E-state index in [1.54, 1.807) is 0 Å².